The number of rotatable bonds is 7. The number of aliphatic hydroxyl groups is 2. The number of methoxy groups -OCH3 is 1. The van der Waals surface area contributed by atoms with Crippen LogP contribution in [0.4, 0.5) is 13.2 Å². The summed E-state index contributed by atoms with van der Waals surface area (Å²) >= 11 is 0. The van der Waals surface area contributed by atoms with Crippen molar-refractivity contribution >= 4 is 28.9 Å². The van der Waals surface area contributed by atoms with Crippen molar-refractivity contribution in [1.29, 1.82) is 0 Å². The van der Waals surface area contributed by atoms with Crippen LogP contribution in [0.15, 0.2) is 106 Å². The van der Waals surface area contributed by atoms with E-state index in [0.29, 0.717) is 52.5 Å². The van der Waals surface area contributed by atoms with E-state index < -0.39 is 24.5 Å². The lowest BCUT2D eigenvalue weighted by atomic mass is 9.86. The summed E-state index contributed by atoms with van der Waals surface area (Å²) in [6, 6.07) is 0. The molecule has 1 aliphatic carbocycles. The Hall–Kier alpha value is -4.58. The Kier molecular flexibility index (Phi) is 8.43. The lowest BCUT2D eigenvalue weighted by Crippen LogP contribution is -2.28. The highest BCUT2D eigenvalue weighted by atomic mass is 19.4. The molecule has 5 aliphatic heterocycles. The molecule has 12 heteroatoms. The van der Waals surface area contributed by atoms with Gasteiger partial charge in [-0.1, -0.05) is 13.8 Å². The normalized spacial score (nSPS) is 24.1. The van der Waals surface area contributed by atoms with Crippen LogP contribution in [0.2, 0.25) is 0 Å². The molecule has 0 radical (unpaired) electrons. The van der Waals surface area contributed by atoms with Gasteiger partial charge in [-0.3, -0.25) is 9.59 Å². The van der Waals surface area contributed by atoms with Crippen LogP contribution < -0.4 is 5.32 Å². The van der Waals surface area contributed by atoms with Crippen molar-refractivity contribution in [1.82, 2.24) is 5.32 Å². The second-order valence-corrected chi connectivity index (χ2v) is 12.8. The predicted octanol–water partition coefficient (Wildman–Crippen LogP) is 6.49. The van der Waals surface area contributed by atoms with Gasteiger partial charge in [-0.25, -0.2) is 15.0 Å². The molecule has 1 unspecified atom stereocenters. The Morgan fingerprint density at radius 1 is 1.04 bits per heavy atom. The van der Waals surface area contributed by atoms with E-state index in [4.69, 9.17) is 19.7 Å². The number of nitrogens with zero attached hydrogens (tertiary/aromatic N) is 3. The number of Topliss-reactive ketones (excluding diaryl/α,β-unsaturated/α-hetero) is 1. The minimum atomic E-state index is -5.09. The number of carbonyl (C=O) groups excluding carboxylic acids is 2. The quantitative estimate of drug-likeness (QED) is 0.267. The van der Waals surface area contributed by atoms with E-state index in [9.17, 15) is 33.0 Å². The van der Waals surface area contributed by atoms with Gasteiger partial charge in [0, 0.05) is 59.2 Å². The minimum Gasteiger partial charge on any atom is -0.511 e. The van der Waals surface area contributed by atoms with Gasteiger partial charge >= 0.3 is 12.1 Å². The van der Waals surface area contributed by atoms with Crippen LogP contribution in [0.3, 0.4) is 0 Å². The lowest BCUT2D eigenvalue weighted by molar-refractivity contribution is -0.172. The molecule has 0 aromatic heterocycles. The van der Waals surface area contributed by atoms with Crippen molar-refractivity contribution in [2.24, 2.45) is 26.8 Å². The van der Waals surface area contributed by atoms with Crippen molar-refractivity contribution in [3.8, 4) is 0 Å². The SMILES string of the molecule is CCC1=C(C)C2=NC1=CC1=C(C)C3=C(O)CC(=C4NC(=CC5=NC(=C2)C(C(O)CC(=O)C(F)(F)F)=C5C)[C@@H](C)[C@@H]4CCC(=O)OC)C3=N1. The molecular weight excluding hydrogens is 625 g/mol. The van der Waals surface area contributed by atoms with Gasteiger partial charge in [-0.2, -0.15) is 13.2 Å². The Labute approximate surface area is 276 Å². The highest BCUT2D eigenvalue weighted by Crippen LogP contribution is 2.46. The summed E-state index contributed by atoms with van der Waals surface area (Å²) in [6.45, 7) is 9.45. The highest BCUT2D eigenvalue weighted by Gasteiger charge is 2.43. The van der Waals surface area contributed by atoms with Gasteiger partial charge < -0.3 is 20.3 Å². The molecule has 0 amide bonds. The van der Waals surface area contributed by atoms with Crippen molar-refractivity contribution in [3.05, 3.63) is 91.5 Å². The molecule has 0 spiro atoms. The molecule has 5 heterocycles. The average molecular weight is 663 g/mol. The van der Waals surface area contributed by atoms with E-state index in [1.54, 1.807) is 19.1 Å². The van der Waals surface area contributed by atoms with Crippen LogP contribution in [-0.2, 0) is 14.3 Å². The van der Waals surface area contributed by atoms with Crippen LogP contribution >= 0.6 is 0 Å². The maximum atomic E-state index is 13.3. The maximum absolute atomic E-state index is 13.3. The molecule has 1 fully saturated rings. The summed E-state index contributed by atoms with van der Waals surface area (Å²) in [4.78, 5) is 38.9. The van der Waals surface area contributed by atoms with Crippen LogP contribution in [0.5, 0.6) is 0 Å². The standard InChI is InChI=1S/C36H37F3N4O5/c1-7-19-15(2)22-13-27-32(29(45)14-30(46)36(37,38)39)17(4)24(41-27)11-23-16(3)20(8-9-31(47)48-6)34(42-23)21-10-28(44)33-18(5)25(43-35(21)33)12-26(19)40-22/h11-13,16,20,29,42,44-45H,7-10,14H2,1-6H3/t16-,20-,29?/m0/s1. The van der Waals surface area contributed by atoms with Gasteiger partial charge in [-0.15, -0.1) is 0 Å². The number of allylic oxidation sites excluding steroid dienone is 11. The summed E-state index contributed by atoms with van der Waals surface area (Å²) < 4.78 is 44.7. The Morgan fingerprint density at radius 3 is 2.40 bits per heavy atom. The summed E-state index contributed by atoms with van der Waals surface area (Å²) in [5, 5.41) is 25.8. The lowest BCUT2D eigenvalue weighted by Gasteiger charge is -2.17. The number of aliphatic imine (C=N–C) groups is 3. The summed E-state index contributed by atoms with van der Waals surface area (Å²) in [5.41, 5.74) is 9.33. The second kappa shape index (κ2) is 12.1. The molecule has 9 nitrogen and oxygen atoms in total. The number of fused-ring (bicyclic) bond motifs is 5. The second-order valence-electron chi connectivity index (χ2n) is 12.8. The van der Waals surface area contributed by atoms with Crippen molar-refractivity contribution in [3.63, 3.8) is 0 Å². The van der Waals surface area contributed by atoms with Crippen molar-refractivity contribution in [2.45, 2.75) is 79.0 Å². The van der Waals surface area contributed by atoms with E-state index in [1.807, 2.05) is 33.8 Å². The third-order valence-electron chi connectivity index (χ3n) is 10.0. The molecule has 0 aromatic rings. The number of ether oxygens (including phenoxy) is 1. The van der Waals surface area contributed by atoms with Gasteiger partial charge in [0.1, 0.15) is 5.76 Å². The maximum Gasteiger partial charge on any atom is 0.450 e. The van der Waals surface area contributed by atoms with Crippen LogP contribution in [0, 0.1) is 11.8 Å². The Bertz CT molecular complexity index is 1910. The van der Waals surface area contributed by atoms with Crippen LogP contribution in [0.1, 0.15) is 66.7 Å². The highest BCUT2D eigenvalue weighted by molar-refractivity contribution is 6.21. The van der Waals surface area contributed by atoms with Gasteiger partial charge in [0.05, 0.1) is 47.4 Å². The molecule has 0 saturated carbocycles. The zero-order valence-electron chi connectivity index (χ0n) is 27.6. The Balaban J connectivity index is 1.57. The smallest absolute Gasteiger partial charge is 0.450 e. The molecule has 3 atom stereocenters. The minimum absolute atomic E-state index is 0.124. The molecule has 252 valence electrons. The van der Waals surface area contributed by atoms with E-state index >= 15 is 0 Å². The first-order chi connectivity index (χ1) is 22.6. The van der Waals surface area contributed by atoms with Crippen LogP contribution in [0.25, 0.3) is 0 Å². The van der Waals surface area contributed by atoms with Gasteiger partial charge in [0.2, 0.25) is 5.78 Å². The Morgan fingerprint density at radius 2 is 1.73 bits per heavy atom. The number of hydrogen-bond donors (Lipinski definition) is 3. The number of alkyl halides is 3. The number of ketones is 1. The third-order valence-corrected chi connectivity index (χ3v) is 10.0. The number of aliphatic hydroxyl groups excluding tert-OH is 2. The number of nitrogens with one attached hydrogen (secondary N) is 1. The van der Waals surface area contributed by atoms with E-state index in [0.717, 1.165) is 33.7 Å². The summed E-state index contributed by atoms with van der Waals surface area (Å²) in [6.07, 6.45) is -1.20. The fraction of sp³-hybridized carbons (Fsp3) is 0.417. The largest absolute Gasteiger partial charge is 0.511 e. The fourth-order valence-corrected chi connectivity index (χ4v) is 7.31. The molecule has 3 N–H and O–H groups in total. The molecule has 6 rings (SSSR count). The van der Waals surface area contributed by atoms with Gasteiger partial charge in [0.15, 0.2) is 0 Å². The molecule has 8 bridgehead atoms. The molecule has 0 aromatic carbocycles. The van der Waals surface area contributed by atoms with Gasteiger partial charge in [0.25, 0.3) is 0 Å². The monoisotopic (exact) mass is 662 g/mol. The number of halogens is 3. The van der Waals surface area contributed by atoms with E-state index in [-0.39, 0.29) is 47.7 Å². The number of hydrogen-bond acceptors (Lipinski definition) is 9. The predicted molar refractivity (Wildman–Crippen MR) is 175 cm³/mol. The number of esters is 1. The molecule has 1 saturated heterocycles. The topological polar surface area (TPSA) is 133 Å². The first-order valence-corrected chi connectivity index (χ1v) is 16.0. The van der Waals surface area contributed by atoms with Gasteiger partial charge in [-0.05, 0) is 74.1 Å². The zero-order valence-corrected chi connectivity index (χ0v) is 27.6. The fourth-order valence-electron chi connectivity index (χ4n) is 7.31. The van der Waals surface area contributed by atoms with Crippen LogP contribution in [-0.4, -0.2) is 58.5 Å². The first-order valence-electron chi connectivity index (χ1n) is 16.0. The number of carbonyl (C=O) groups is 2. The molecular formula is C36H37F3N4O5. The first kappa shape index (κ1) is 33.3. The third kappa shape index (κ3) is 5.55. The molecule has 6 aliphatic rings. The summed E-state index contributed by atoms with van der Waals surface area (Å²) in [7, 11) is 1.34. The molecule has 48 heavy (non-hydrogen) atoms. The van der Waals surface area contributed by atoms with E-state index in [1.165, 1.54) is 7.11 Å². The van der Waals surface area contributed by atoms with E-state index in [2.05, 4.69) is 5.32 Å². The summed E-state index contributed by atoms with van der Waals surface area (Å²) in [5.74, 6) is -2.53. The van der Waals surface area contributed by atoms with Crippen molar-refractivity contribution < 1.29 is 37.7 Å². The zero-order chi connectivity index (χ0) is 34.8. The van der Waals surface area contributed by atoms with Crippen molar-refractivity contribution in [2.75, 3.05) is 7.11 Å². The average Bonchev–Trinajstić information content (AvgIpc) is 3.77.